The van der Waals surface area contributed by atoms with Crippen molar-refractivity contribution in [1.29, 1.82) is 0 Å². The molecule has 1 fully saturated rings. The largest absolute Gasteiger partial charge is 0.508 e. The van der Waals surface area contributed by atoms with Crippen molar-refractivity contribution < 1.29 is 19.3 Å². The molecule has 0 bridgehead atoms. The van der Waals surface area contributed by atoms with E-state index in [4.69, 9.17) is 14.2 Å². The van der Waals surface area contributed by atoms with Crippen molar-refractivity contribution in [2.45, 2.75) is 64.3 Å². The Morgan fingerprint density at radius 2 is 1.66 bits per heavy atom. The van der Waals surface area contributed by atoms with Crippen LogP contribution >= 0.6 is 0 Å². The maximum absolute atomic E-state index is 9.98. The lowest BCUT2D eigenvalue weighted by atomic mass is 9.79. The van der Waals surface area contributed by atoms with Gasteiger partial charge in [0, 0.05) is 24.8 Å². The van der Waals surface area contributed by atoms with E-state index in [1.807, 2.05) is 6.07 Å². The molecule has 0 radical (unpaired) electrons. The zero-order chi connectivity index (χ0) is 28.8. The van der Waals surface area contributed by atoms with Crippen LogP contribution in [0.4, 0.5) is 5.69 Å². The molecule has 2 atom stereocenters. The zero-order valence-electron chi connectivity index (χ0n) is 25.2. The Hall–Kier alpha value is -3.38. The highest BCUT2D eigenvalue weighted by atomic mass is 16.5. The van der Waals surface area contributed by atoms with Gasteiger partial charge in [-0.2, -0.15) is 0 Å². The Labute approximate surface area is 245 Å². The minimum Gasteiger partial charge on any atom is -0.508 e. The van der Waals surface area contributed by atoms with Gasteiger partial charge in [0.05, 0.1) is 20.3 Å². The Morgan fingerprint density at radius 3 is 2.37 bits per heavy atom. The number of ether oxygens (including phenoxy) is 3. The predicted molar refractivity (Wildman–Crippen MR) is 166 cm³/mol. The van der Waals surface area contributed by atoms with Gasteiger partial charge in [0.15, 0.2) is 11.5 Å². The molecule has 1 heterocycles. The number of benzene rings is 3. The van der Waals surface area contributed by atoms with E-state index in [1.165, 1.54) is 60.3 Å². The van der Waals surface area contributed by atoms with E-state index in [9.17, 15) is 5.11 Å². The van der Waals surface area contributed by atoms with Crippen molar-refractivity contribution >= 4 is 5.69 Å². The molecule has 220 valence electrons. The highest BCUT2D eigenvalue weighted by Crippen LogP contribution is 2.45. The average molecular weight is 559 g/mol. The Bertz CT molecular complexity index is 1290. The van der Waals surface area contributed by atoms with Crippen LogP contribution in [0.1, 0.15) is 73.7 Å². The first-order valence-corrected chi connectivity index (χ1v) is 15.3. The Morgan fingerprint density at radius 1 is 0.927 bits per heavy atom. The van der Waals surface area contributed by atoms with Gasteiger partial charge in [-0.1, -0.05) is 24.6 Å². The third kappa shape index (κ3) is 6.75. The number of phenols is 1. The first kappa shape index (κ1) is 29.1. The Kier molecular flexibility index (Phi) is 9.60. The Balaban J connectivity index is 1.36. The molecule has 1 N–H and O–H groups in total. The van der Waals surface area contributed by atoms with Crippen molar-refractivity contribution in [3.8, 4) is 23.0 Å². The summed E-state index contributed by atoms with van der Waals surface area (Å²) in [4.78, 5) is 4.98. The van der Waals surface area contributed by atoms with Crippen LogP contribution in [-0.4, -0.2) is 57.0 Å². The van der Waals surface area contributed by atoms with E-state index in [2.05, 4.69) is 66.1 Å². The molecule has 1 aliphatic carbocycles. The van der Waals surface area contributed by atoms with Gasteiger partial charge < -0.3 is 24.2 Å². The molecule has 3 aromatic carbocycles. The maximum Gasteiger partial charge on any atom is 0.162 e. The number of nitrogens with zero attached hydrogens (tertiary/aromatic N) is 2. The maximum atomic E-state index is 9.98. The number of likely N-dealkylation sites (tertiary alicyclic amines) is 1. The number of fused-ring (bicyclic) bond motifs is 1. The van der Waals surface area contributed by atoms with Crippen LogP contribution in [0, 0.1) is 0 Å². The second-order valence-electron chi connectivity index (χ2n) is 11.4. The summed E-state index contributed by atoms with van der Waals surface area (Å²) in [6.45, 7) is 9.47. The van der Waals surface area contributed by atoms with Crippen molar-refractivity contribution in [2.75, 3.05) is 51.9 Å². The summed E-state index contributed by atoms with van der Waals surface area (Å²) in [5.41, 5.74) is 6.29. The van der Waals surface area contributed by atoms with Crippen LogP contribution in [0.2, 0.25) is 0 Å². The second kappa shape index (κ2) is 13.5. The van der Waals surface area contributed by atoms with Crippen LogP contribution in [0.3, 0.4) is 0 Å². The first-order valence-electron chi connectivity index (χ1n) is 15.3. The summed E-state index contributed by atoms with van der Waals surface area (Å²) in [5.74, 6) is 3.13. The van der Waals surface area contributed by atoms with Crippen LogP contribution in [0.5, 0.6) is 23.0 Å². The molecule has 0 amide bonds. The number of phenolic OH excluding ortho intramolecular Hbond substituents is 1. The minimum absolute atomic E-state index is 0.159. The van der Waals surface area contributed by atoms with Crippen molar-refractivity contribution in [1.82, 2.24) is 4.90 Å². The van der Waals surface area contributed by atoms with Crippen LogP contribution in [-0.2, 0) is 12.8 Å². The molecule has 41 heavy (non-hydrogen) atoms. The van der Waals surface area contributed by atoms with Crippen LogP contribution in [0.25, 0.3) is 0 Å². The summed E-state index contributed by atoms with van der Waals surface area (Å²) in [5, 5.41) is 9.98. The molecule has 1 aliphatic heterocycles. The minimum atomic E-state index is 0.159. The van der Waals surface area contributed by atoms with Crippen molar-refractivity contribution in [3.63, 3.8) is 0 Å². The molecule has 0 aromatic heterocycles. The van der Waals surface area contributed by atoms with E-state index in [0.29, 0.717) is 11.7 Å². The topological polar surface area (TPSA) is 54.4 Å². The van der Waals surface area contributed by atoms with Crippen LogP contribution in [0.15, 0.2) is 54.6 Å². The molecular formula is C35H46N2O4. The van der Waals surface area contributed by atoms with Gasteiger partial charge in [-0.15, -0.1) is 0 Å². The monoisotopic (exact) mass is 558 g/mol. The van der Waals surface area contributed by atoms with E-state index < -0.39 is 0 Å². The van der Waals surface area contributed by atoms with Gasteiger partial charge >= 0.3 is 0 Å². The number of aryl methyl sites for hydroxylation is 1. The molecule has 2 aliphatic rings. The number of hydrogen-bond acceptors (Lipinski definition) is 6. The standard InChI is InChI=1S/C35H46N2O4/c1-5-37(25(2)26-12-15-31(16-13-26)41-20-19-36-17-7-6-8-18-36)33-24-35(40-4)34(39-3)23-32(33)29-10-9-28-22-30(38)14-11-27(28)21-29/h11-16,22-25,29,38H,5-10,17-21H2,1-4H3/t25?,29-/m1/s1. The third-order valence-electron chi connectivity index (χ3n) is 9.00. The third-order valence-corrected chi connectivity index (χ3v) is 9.00. The molecule has 5 rings (SSSR count). The van der Waals surface area contributed by atoms with Crippen LogP contribution < -0.4 is 19.1 Å². The van der Waals surface area contributed by atoms with Crippen molar-refractivity contribution in [2.24, 2.45) is 0 Å². The molecular weight excluding hydrogens is 512 g/mol. The fraction of sp³-hybridized carbons (Fsp3) is 0.486. The number of methoxy groups -OCH3 is 2. The number of anilines is 1. The predicted octanol–water partition coefficient (Wildman–Crippen LogP) is 7.13. The fourth-order valence-electron chi connectivity index (χ4n) is 6.62. The number of rotatable bonds is 11. The van der Waals surface area contributed by atoms with E-state index in [0.717, 1.165) is 56.2 Å². The second-order valence-corrected chi connectivity index (χ2v) is 11.4. The SMILES string of the molecule is CCN(c1cc(OC)c(OC)cc1[C@@H]1CCc2cc(O)ccc2C1)C(C)c1ccc(OCCN2CCCCC2)cc1. The number of hydrogen-bond donors (Lipinski definition) is 1. The highest BCUT2D eigenvalue weighted by molar-refractivity contribution is 5.65. The van der Waals surface area contributed by atoms with E-state index >= 15 is 0 Å². The summed E-state index contributed by atoms with van der Waals surface area (Å²) < 4.78 is 17.6. The summed E-state index contributed by atoms with van der Waals surface area (Å²) >= 11 is 0. The molecule has 1 saturated heterocycles. The summed E-state index contributed by atoms with van der Waals surface area (Å²) in [6.07, 6.45) is 6.88. The van der Waals surface area contributed by atoms with E-state index in [-0.39, 0.29) is 6.04 Å². The molecule has 0 spiro atoms. The number of piperidine rings is 1. The van der Waals surface area contributed by atoms with Gasteiger partial charge in [-0.25, -0.2) is 0 Å². The van der Waals surface area contributed by atoms with Crippen molar-refractivity contribution in [3.05, 3.63) is 76.9 Å². The van der Waals surface area contributed by atoms with Gasteiger partial charge in [-0.05, 0) is 118 Å². The lowest BCUT2D eigenvalue weighted by Crippen LogP contribution is -2.33. The zero-order valence-corrected chi connectivity index (χ0v) is 25.2. The smallest absolute Gasteiger partial charge is 0.162 e. The fourth-order valence-corrected chi connectivity index (χ4v) is 6.62. The highest BCUT2D eigenvalue weighted by Gasteiger charge is 2.28. The normalized spacial score (nSPS) is 17.9. The lowest BCUT2D eigenvalue weighted by Gasteiger charge is -2.36. The number of aromatic hydroxyl groups is 1. The van der Waals surface area contributed by atoms with Gasteiger partial charge in [0.1, 0.15) is 18.1 Å². The van der Waals surface area contributed by atoms with Gasteiger partial charge in [0.2, 0.25) is 0 Å². The molecule has 0 saturated carbocycles. The van der Waals surface area contributed by atoms with Gasteiger partial charge in [0.25, 0.3) is 0 Å². The molecule has 6 heteroatoms. The quantitative estimate of drug-likeness (QED) is 0.270. The average Bonchev–Trinajstić information content (AvgIpc) is 3.01. The first-order chi connectivity index (χ1) is 20.0. The molecule has 6 nitrogen and oxygen atoms in total. The molecule has 1 unspecified atom stereocenters. The van der Waals surface area contributed by atoms with E-state index in [1.54, 1.807) is 20.3 Å². The lowest BCUT2D eigenvalue weighted by molar-refractivity contribution is 0.183. The summed E-state index contributed by atoms with van der Waals surface area (Å²) in [7, 11) is 3.41. The van der Waals surface area contributed by atoms with Gasteiger partial charge in [-0.3, -0.25) is 4.90 Å². The summed E-state index contributed by atoms with van der Waals surface area (Å²) in [6, 6.07) is 18.9. The molecule has 3 aromatic rings.